The summed E-state index contributed by atoms with van der Waals surface area (Å²) in [6, 6.07) is 0. The van der Waals surface area contributed by atoms with Gasteiger partial charge in [-0.1, -0.05) is 6.42 Å². The van der Waals surface area contributed by atoms with Crippen molar-refractivity contribution >= 4 is 21.9 Å². The number of rotatable bonds is 7. The molecule has 0 N–H and O–H groups in total. The molecule has 0 unspecified atom stereocenters. The molecule has 1 heterocycles. The Morgan fingerprint density at radius 1 is 1.33 bits per heavy atom. The predicted molar refractivity (Wildman–Crippen MR) is 74.5 cm³/mol. The molecule has 18 heavy (non-hydrogen) atoms. The molecule has 0 aliphatic rings. The van der Waals surface area contributed by atoms with Gasteiger partial charge in [0.25, 0.3) is 0 Å². The topological polar surface area (TPSA) is 44.1 Å². The van der Waals surface area contributed by atoms with E-state index in [1.54, 1.807) is 0 Å². The fourth-order valence-corrected chi connectivity index (χ4v) is 2.12. The number of carbonyl (C=O) groups is 1. The third-order valence-corrected chi connectivity index (χ3v) is 4.00. The van der Waals surface area contributed by atoms with Gasteiger partial charge in [-0.15, -0.1) is 0 Å². The van der Waals surface area contributed by atoms with Gasteiger partial charge in [-0.2, -0.15) is 5.10 Å². The molecule has 0 atom stereocenters. The van der Waals surface area contributed by atoms with Crippen LogP contribution in [0.2, 0.25) is 0 Å². The molecule has 0 aliphatic heterocycles. The first-order valence-electron chi connectivity index (χ1n) is 6.41. The lowest BCUT2D eigenvalue weighted by Gasteiger charge is -2.04. The van der Waals surface area contributed by atoms with Crippen LogP contribution in [-0.4, -0.2) is 22.4 Å². The van der Waals surface area contributed by atoms with Gasteiger partial charge in [-0.05, 0) is 49.5 Å². The fourth-order valence-electron chi connectivity index (χ4n) is 1.83. The predicted octanol–water partition coefficient (Wildman–Crippen LogP) is 3.39. The molecule has 0 amide bonds. The number of esters is 1. The summed E-state index contributed by atoms with van der Waals surface area (Å²) >= 11 is 3.51. The first-order valence-corrected chi connectivity index (χ1v) is 7.20. The summed E-state index contributed by atoms with van der Waals surface area (Å²) in [5.41, 5.74) is 2.19. The van der Waals surface area contributed by atoms with E-state index >= 15 is 0 Å². The summed E-state index contributed by atoms with van der Waals surface area (Å²) in [4.78, 5) is 11.1. The van der Waals surface area contributed by atoms with E-state index in [4.69, 9.17) is 4.74 Å². The van der Waals surface area contributed by atoms with E-state index < -0.39 is 0 Å². The summed E-state index contributed by atoms with van der Waals surface area (Å²) in [5.74, 6) is -0.0913. The average molecular weight is 317 g/mol. The second kappa shape index (κ2) is 7.56. The number of hydrogen-bond acceptors (Lipinski definition) is 3. The van der Waals surface area contributed by atoms with Gasteiger partial charge in [0.15, 0.2) is 0 Å². The van der Waals surface area contributed by atoms with E-state index in [9.17, 15) is 4.79 Å². The molecule has 1 aromatic heterocycles. The van der Waals surface area contributed by atoms with Crippen LogP contribution in [0.4, 0.5) is 0 Å². The lowest BCUT2D eigenvalue weighted by atomic mass is 10.2. The summed E-state index contributed by atoms with van der Waals surface area (Å²) in [7, 11) is 0. The van der Waals surface area contributed by atoms with E-state index in [1.165, 1.54) is 0 Å². The summed E-state index contributed by atoms with van der Waals surface area (Å²) in [6.07, 6.45) is 3.47. The standard InChI is InChI=1S/C13H21BrN2O2/c1-4-18-12(17)8-6-5-7-9-16-11(3)13(14)10(2)15-16/h4-9H2,1-3H3. The zero-order chi connectivity index (χ0) is 13.5. The van der Waals surface area contributed by atoms with Gasteiger partial charge in [0.05, 0.1) is 16.8 Å². The van der Waals surface area contributed by atoms with E-state index in [1.807, 2.05) is 18.5 Å². The second-order valence-electron chi connectivity index (χ2n) is 4.32. The number of ether oxygens (including phenoxy) is 1. The van der Waals surface area contributed by atoms with Gasteiger partial charge in [0, 0.05) is 18.7 Å². The van der Waals surface area contributed by atoms with Crippen molar-refractivity contribution in [2.45, 2.75) is 53.0 Å². The van der Waals surface area contributed by atoms with Gasteiger partial charge in [0.2, 0.25) is 0 Å². The normalized spacial score (nSPS) is 10.7. The Labute approximate surface area is 117 Å². The molecule has 0 saturated carbocycles. The van der Waals surface area contributed by atoms with Gasteiger partial charge in [-0.25, -0.2) is 0 Å². The van der Waals surface area contributed by atoms with Crippen LogP contribution in [0.3, 0.4) is 0 Å². The van der Waals surface area contributed by atoms with Crippen molar-refractivity contribution in [1.29, 1.82) is 0 Å². The molecule has 0 fully saturated rings. The molecule has 0 aliphatic carbocycles. The minimum absolute atomic E-state index is 0.0913. The maximum absolute atomic E-state index is 11.1. The number of aromatic nitrogens is 2. The van der Waals surface area contributed by atoms with Crippen LogP contribution in [0.15, 0.2) is 4.47 Å². The fraction of sp³-hybridized carbons (Fsp3) is 0.692. The number of halogens is 1. The van der Waals surface area contributed by atoms with E-state index in [0.29, 0.717) is 13.0 Å². The van der Waals surface area contributed by atoms with Crippen molar-refractivity contribution < 1.29 is 9.53 Å². The number of nitrogens with zero attached hydrogens (tertiary/aromatic N) is 2. The Kier molecular flexibility index (Phi) is 6.39. The monoisotopic (exact) mass is 316 g/mol. The van der Waals surface area contributed by atoms with Gasteiger partial charge in [-0.3, -0.25) is 9.48 Å². The van der Waals surface area contributed by atoms with Crippen LogP contribution in [0.1, 0.15) is 44.0 Å². The molecule has 0 radical (unpaired) electrons. The quantitative estimate of drug-likeness (QED) is 0.572. The van der Waals surface area contributed by atoms with Crippen LogP contribution in [-0.2, 0) is 16.1 Å². The van der Waals surface area contributed by atoms with Crippen LogP contribution >= 0.6 is 15.9 Å². The number of aryl methyl sites for hydroxylation is 2. The summed E-state index contributed by atoms with van der Waals surface area (Å²) in [5, 5.41) is 4.45. The highest BCUT2D eigenvalue weighted by Crippen LogP contribution is 2.20. The average Bonchev–Trinajstić information content (AvgIpc) is 2.57. The Morgan fingerprint density at radius 3 is 2.61 bits per heavy atom. The smallest absolute Gasteiger partial charge is 0.305 e. The molecule has 0 bridgehead atoms. The third kappa shape index (κ3) is 4.44. The van der Waals surface area contributed by atoms with Crippen LogP contribution in [0.25, 0.3) is 0 Å². The first-order chi connectivity index (χ1) is 8.56. The molecule has 0 spiro atoms. The lowest BCUT2D eigenvalue weighted by Crippen LogP contribution is -2.05. The van der Waals surface area contributed by atoms with Crippen LogP contribution in [0.5, 0.6) is 0 Å². The minimum Gasteiger partial charge on any atom is -0.466 e. The molecule has 102 valence electrons. The highest BCUT2D eigenvalue weighted by molar-refractivity contribution is 9.10. The maximum atomic E-state index is 11.1. The molecular formula is C13H21BrN2O2. The number of carbonyl (C=O) groups excluding carboxylic acids is 1. The molecule has 0 aromatic carbocycles. The van der Waals surface area contributed by atoms with Crippen molar-refractivity contribution in [3.05, 3.63) is 15.9 Å². The molecule has 1 aromatic rings. The Morgan fingerprint density at radius 2 is 2.06 bits per heavy atom. The van der Waals surface area contributed by atoms with E-state index in [-0.39, 0.29) is 5.97 Å². The maximum Gasteiger partial charge on any atom is 0.305 e. The molecule has 1 rings (SSSR count). The highest BCUT2D eigenvalue weighted by atomic mass is 79.9. The third-order valence-electron chi connectivity index (χ3n) is 2.85. The highest BCUT2D eigenvalue weighted by Gasteiger charge is 2.08. The second-order valence-corrected chi connectivity index (χ2v) is 5.12. The minimum atomic E-state index is -0.0913. The van der Waals surface area contributed by atoms with Crippen molar-refractivity contribution in [3.63, 3.8) is 0 Å². The molecule has 0 saturated heterocycles. The Balaban J connectivity index is 2.22. The van der Waals surface area contributed by atoms with Crippen LogP contribution in [0, 0.1) is 13.8 Å². The zero-order valence-electron chi connectivity index (χ0n) is 11.3. The van der Waals surface area contributed by atoms with E-state index in [2.05, 4.69) is 28.0 Å². The van der Waals surface area contributed by atoms with Crippen molar-refractivity contribution in [2.75, 3.05) is 6.61 Å². The first kappa shape index (κ1) is 15.2. The molecule has 5 heteroatoms. The van der Waals surface area contributed by atoms with Crippen molar-refractivity contribution in [2.24, 2.45) is 0 Å². The lowest BCUT2D eigenvalue weighted by molar-refractivity contribution is -0.143. The Bertz CT molecular complexity index is 402. The van der Waals surface area contributed by atoms with E-state index in [0.717, 1.165) is 41.7 Å². The summed E-state index contributed by atoms with van der Waals surface area (Å²) in [6.45, 7) is 7.26. The largest absolute Gasteiger partial charge is 0.466 e. The number of unbranched alkanes of at least 4 members (excludes halogenated alkanes) is 2. The Hall–Kier alpha value is -0.840. The van der Waals surface area contributed by atoms with Gasteiger partial charge < -0.3 is 4.74 Å². The van der Waals surface area contributed by atoms with Gasteiger partial charge in [0.1, 0.15) is 0 Å². The van der Waals surface area contributed by atoms with Crippen molar-refractivity contribution in [1.82, 2.24) is 9.78 Å². The summed E-state index contributed by atoms with van der Waals surface area (Å²) < 4.78 is 7.99. The number of hydrogen-bond donors (Lipinski definition) is 0. The zero-order valence-corrected chi connectivity index (χ0v) is 12.9. The van der Waals surface area contributed by atoms with Crippen molar-refractivity contribution in [3.8, 4) is 0 Å². The molecule has 4 nitrogen and oxygen atoms in total. The SMILES string of the molecule is CCOC(=O)CCCCCn1nc(C)c(Br)c1C. The van der Waals surface area contributed by atoms with Crippen LogP contribution < -0.4 is 0 Å². The molecular weight excluding hydrogens is 296 g/mol. The van der Waals surface area contributed by atoms with Gasteiger partial charge >= 0.3 is 5.97 Å².